The van der Waals surface area contributed by atoms with Crippen molar-refractivity contribution in [2.45, 2.75) is 25.9 Å². The second kappa shape index (κ2) is 8.41. The molecule has 0 aromatic rings. The first kappa shape index (κ1) is 14.1. The highest BCUT2D eigenvalue weighted by molar-refractivity contribution is 9.09. The fourth-order valence-corrected chi connectivity index (χ4v) is 2.60. The molecule has 5 heteroatoms. The minimum absolute atomic E-state index is 0.804. The summed E-state index contributed by atoms with van der Waals surface area (Å²) in [6.07, 6.45) is 2.11. The third kappa shape index (κ3) is 9.40. The maximum absolute atomic E-state index is 5.69. The molecule has 0 heterocycles. The molecule has 2 nitrogen and oxygen atoms in total. The van der Waals surface area contributed by atoms with E-state index in [-0.39, 0.29) is 0 Å². The van der Waals surface area contributed by atoms with Crippen LogP contribution < -0.4 is 0 Å². The van der Waals surface area contributed by atoms with Crippen molar-refractivity contribution in [2.75, 3.05) is 23.9 Å². The van der Waals surface area contributed by atoms with E-state index in [1.54, 1.807) is 0 Å². The van der Waals surface area contributed by atoms with Gasteiger partial charge in [0.05, 0.1) is 0 Å². The van der Waals surface area contributed by atoms with Crippen molar-refractivity contribution >= 4 is 40.4 Å². The van der Waals surface area contributed by atoms with Crippen molar-refractivity contribution in [1.29, 1.82) is 0 Å². The summed E-state index contributed by atoms with van der Waals surface area (Å²) >= 11 is 6.74. The summed E-state index contributed by atoms with van der Waals surface area (Å²) in [5.41, 5.74) is 0. The molecule has 0 aliphatic rings. The Morgan fingerprint density at radius 3 is 1.62 bits per heavy atom. The molecule has 80 valence electrons. The molecule has 0 N–H and O–H groups in total. The van der Waals surface area contributed by atoms with Gasteiger partial charge in [0.25, 0.3) is 0 Å². The van der Waals surface area contributed by atoms with E-state index in [0.717, 1.165) is 36.7 Å². The molecule has 0 radical (unpaired) electrons. The lowest BCUT2D eigenvalue weighted by Gasteiger charge is -2.22. The molecule has 13 heavy (non-hydrogen) atoms. The molecular weight excluding hydrogens is 316 g/mol. The summed E-state index contributed by atoms with van der Waals surface area (Å²) in [6.45, 7) is 5.79. The lowest BCUT2D eigenvalue weighted by Crippen LogP contribution is -2.35. The van der Waals surface area contributed by atoms with E-state index in [1.807, 2.05) is 0 Å². The lowest BCUT2D eigenvalue weighted by molar-refractivity contribution is 0.180. The summed E-state index contributed by atoms with van der Waals surface area (Å²) in [5.74, 6) is 0. The molecule has 0 aromatic heterocycles. The summed E-state index contributed by atoms with van der Waals surface area (Å²) in [6, 6.07) is 0. The summed E-state index contributed by atoms with van der Waals surface area (Å²) in [5, 5.41) is 2.00. The summed E-state index contributed by atoms with van der Waals surface area (Å²) in [7, 11) is -1.82. The van der Waals surface area contributed by atoms with Gasteiger partial charge in [0.15, 0.2) is 0 Å². The molecule has 0 unspecified atom stereocenters. The van der Waals surface area contributed by atoms with Gasteiger partial charge in [0.2, 0.25) is 0 Å². The molecule has 0 aliphatic heterocycles. The van der Waals surface area contributed by atoms with Gasteiger partial charge in [-0.25, -0.2) is 0 Å². The Morgan fingerprint density at radius 2 is 1.31 bits per heavy atom. The zero-order valence-electron chi connectivity index (χ0n) is 8.32. The minimum atomic E-state index is -1.82. The van der Waals surface area contributed by atoms with Crippen LogP contribution in [0.3, 0.4) is 0 Å². The van der Waals surface area contributed by atoms with Crippen LogP contribution in [0.5, 0.6) is 0 Å². The van der Waals surface area contributed by atoms with Crippen molar-refractivity contribution in [3.05, 3.63) is 0 Å². The van der Waals surface area contributed by atoms with E-state index in [2.05, 4.69) is 45.0 Å². The summed E-state index contributed by atoms with van der Waals surface area (Å²) in [4.78, 5) is 0. The average molecular weight is 334 g/mol. The van der Waals surface area contributed by atoms with Crippen molar-refractivity contribution in [3.8, 4) is 0 Å². The van der Waals surface area contributed by atoms with E-state index < -0.39 is 8.56 Å². The normalized spacial score (nSPS) is 12.0. The highest BCUT2D eigenvalue weighted by Crippen LogP contribution is 2.08. The zero-order valence-corrected chi connectivity index (χ0v) is 12.5. The monoisotopic (exact) mass is 332 g/mol. The van der Waals surface area contributed by atoms with Crippen LogP contribution in [0.15, 0.2) is 0 Å². The third-order valence-corrected chi connectivity index (χ3v) is 4.38. The SMILES string of the molecule is C[Si](C)(OCCCBr)OCCCBr. The minimum Gasteiger partial charge on any atom is -0.394 e. The second-order valence-corrected chi connectivity index (χ2v) is 8.14. The first-order chi connectivity index (χ1) is 6.12. The molecule has 0 fully saturated rings. The van der Waals surface area contributed by atoms with Crippen molar-refractivity contribution in [2.24, 2.45) is 0 Å². The van der Waals surface area contributed by atoms with Gasteiger partial charge in [0.1, 0.15) is 0 Å². The number of hydrogen-bond donors (Lipinski definition) is 0. The van der Waals surface area contributed by atoms with Crippen LogP contribution in [0.1, 0.15) is 12.8 Å². The Hall–Kier alpha value is 1.10. The Bertz CT molecular complexity index is 111. The average Bonchev–Trinajstić information content (AvgIpc) is 2.05. The van der Waals surface area contributed by atoms with Crippen LogP contribution in [-0.2, 0) is 8.85 Å². The van der Waals surface area contributed by atoms with Gasteiger partial charge in [-0.3, -0.25) is 0 Å². The van der Waals surface area contributed by atoms with E-state index in [1.165, 1.54) is 0 Å². The molecule has 0 saturated heterocycles. The Morgan fingerprint density at radius 1 is 0.923 bits per heavy atom. The maximum atomic E-state index is 5.69. The Labute approximate surface area is 98.9 Å². The Balaban J connectivity index is 3.42. The van der Waals surface area contributed by atoms with E-state index in [0.29, 0.717) is 0 Å². The highest BCUT2D eigenvalue weighted by Gasteiger charge is 2.23. The topological polar surface area (TPSA) is 18.5 Å². The number of halogens is 2. The van der Waals surface area contributed by atoms with Gasteiger partial charge >= 0.3 is 8.56 Å². The largest absolute Gasteiger partial charge is 0.394 e. The summed E-state index contributed by atoms with van der Waals surface area (Å²) < 4.78 is 11.4. The lowest BCUT2D eigenvalue weighted by atomic mass is 10.5. The third-order valence-electron chi connectivity index (χ3n) is 1.46. The fourth-order valence-electron chi connectivity index (χ4n) is 0.787. The molecule has 0 amide bonds. The quantitative estimate of drug-likeness (QED) is 0.385. The van der Waals surface area contributed by atoms with Crippen molar-refractivity contribution < 1.29 is 8.85 Å². The molecule has 0 aromatic carbocycles. The van der Waals surface area contributed by atoms with Crippen LogP contribution in [0.25, 0.3) is 0 Å². The van der Waals surface area contributed by atoms with Gasteiger partial charge in [-0.15, -0.1) is 0 Å². The maximum Gasteiger partial charge on any atom is 0.331 e. The van der Waals surface area contributed by atoms with Gasteiger partial charge in [-0.2, -0.15) is 0 Å². The predicted octanol–water partition coefficient (Wildman–Crippen LogP) is 3.29. The smallest absolute Gasteiger partial charge is 0.331 e. The molecule has 0 rings (SSSR count). The number of alkyl halides is 2. The molecular formula is C8H18Br2O2Si. The second-order valence-electron chi connectivity index (χ2n) is 3.18. The van der Waals surface area contributed by atoms with Gasteiger partial charge in [-0.05, 0) is 25.9 Å². The van der Waals surface area contributed by atoms with Crippen LogP contribution in [0.4, 0.5) is 0 Å². The van der Waals surface area contributed by atoms with E-state index >= 15 is 0 Å². The van der Waals surface area contributed by atoms with Crippen molar-refractivity contribution in [1.82, 2.24) is 0 Å². The standard InChI is InChI=1S/C8H18Br2O2Si/c1-13(2,11-7-3-5-9)12-8-4-6-10/h3-8H2,1-2H3. The van der Waals surface area contributed by atoms with E-state index in [4.69, 9.17) is 8.85 Å². The predicted molar refractivity (Wildman–Crippen MR) is 66.2 cm³/mol. The first-order valence-electron chi connectivity index (χ1n) is 4.52. The van der Waals surface area contributed by atoms with Crippen LogP contribution in [0.2, 0.25) is 13.1 Å². The van der Waals surface area contributed by atoms with Gasteiger partial charge in [0, 0.05) is 23.9 Å². The highest BCUT2D eigenvalue weighted by atomic mass is 79.9. The molecule has 0 bridgehead atoms. The van der Waals surface area contributed by atoms with Crippen LogP contribution in [0, 0.1) is 0 Å². The number of rotatable bonds is 8. The molecule has 0 saturated carbocycles. The molecule has 0 aliphatic carbocycles. The van der Waals surface area contributed by atoms with Crippen LogP contribution in [-0.4, -0.2) is 32.4 Å². The van der Waals surface area contributed by atoms with Gasteiger partial charge in [-0.1, -0.05) is 31.9 Å². The van der Waals surface area contributed by atoms with Gasteiger partial charge < -0.3 is 8.85 Å². The first-order valence-corrected chi connectivity index (χ1v) is 9.58. The molecule has 0 atom stereocenters. The fraction of sp³-hybridized carbons (Fsp3) is 1.00. The molecule has 0 spiro atoms. The van der Waals surface area contributed by atoms with Crippen molar-refractivity contribution in [3.63, 3.8) is 0 Å². The Kier molecular flexibility index (Phi) is 9.12. The van der Waals surface area contributed by atoms with E-state index in [9.17, 15) is 0 Å². The van der Waals surface area contributed by atoms with Crippen LogP contribution >= 0.6 is 31.9 Å². The zero-order chi connectivity index (χ0) is 10.2. The number of hydrogen-bond acceptors (Lipinski definition) is 2.